The van der Waals surface area contributed by atoms with Gasteiger partial charge in [0.05, 0.1) is 5.92 Å². The molecule has 1 N–H and O–H groups in total. The number of rotatable bonds is 4. The predicted octanol–water partition coefficient (Wildman–Crippen LogP) is 3.69. The summed E-state index contributed by atoms with van der Waals surface area (Å²) in [5, 5.41) is 2.49. The van der Waals surface area contributed by atoms with Crippen LogP contribution in [0.15, 0.2) is 24.3 Å². The van der Waals surface area contributed by atoms with E-state index in [0.717, 1.165) is 24.6 Å². The molecule has 5 heteroatoms. The van der Waals surface area contributed by atoms with Crippen LogP contribution >= 0.6 is 0 Å². The number of nitrogens with zero attached hydrogens (tertiary/aromatic N) is 2. The topological polar surface area (TPSA) is 52.7 Å². The molecule has 1 saturated carbocycles. The Morgan fingerprint density at radius 1 is 1.00 bits per heavy atom. The van der Waals surface area contributed by atoms with E-state index >= 15 is 0 Å². The van der Waals surface area contributed by atoms with Gasteiger partial charge in [0.2, 0.25) is 11.8 Å². The molecule has 5 nitrogen and oxygen atoms in total. The van der Waals surface area contributed by atoms with E-state index in [1.165, 1.54) is 70.3 Å². The van der Waals surface area contributed by atoms with Crippen LogP contribution in [-0.4, -0.2) is 49.4 Å². The highest BCUT2D eigenvalue weighted by Gasteiger charge is 2.45. The Kier molecular flexibility index (Phi) is 5.57. The number of imide groups is 1. The average molecular weight is 410 g/mol. The largest absolute Gasteiger partial charge is 0.370 e. The molecule has 0 aromatic heterocycles. The van der Waals surface area contributed by atoms with Crippen molar-refractivity contribution in [2.24, 2.45) is 11.3 Å². The van der Waals surface area contributed by atoms with E-state index in [2.05, 4.69) is 33.3 Å². The van der Waals surface area contributed by atoms with Crippen LogP contribution in [0.25, 0.3) is 0 Å². The van der Waals surface area contributed by atoms with E-state index in [4.69, 9.17) is 0 Å². The van der Waals surface area contributed by atoms with Crippen LogP contribution < -0.4 is 10.2 Å². The zero-order valence-corrected chi connectivity index (χ0v) is 18.1. The second kappa shape index (κ2) is 8.33. The Morgan fingerprint density at radius 3 is 2.50 bits per heavy atom. The Morgan fingerprint density at radius 2 is 1.77 bits per heavy atom. The number of carbonyl (C=O) groups is 2. The zero-order valence-electron chi connectivity index (χ0n) is 18.1. The first-order chi connectivity index (χ1) is 14.6. The van der Waals surface area contributed by atoms with Crippen molar-refractivity contribution in [3.05, 3.63) is 29.8 Å². The third-order valence-corrected chi connectivity index (χ3v) is 8.09. The third kappa shape index (κ3) is 4.14. The van der Waals surface area contributed by atoms with Gasteiger partial charge in [0.25, 0.3) is 0 Å². The maximum Gasteiger partial charge on any atom is 0.234 e. The van der Waals surface area contributed by atoms with Gasteiger partial charge in [-0.15, -0.1) is 0 Å². The van der Waals surface area contributed by atoms with Gasteiger partial charge in [0, 0.05) is 37.2 Å². The minimum Gasteiger partial charge on any atom is -0.370 e. The van der Waals surface area contributed by atoms with Gasteiger partial charge in [-0.25, -0.2) is 0 Å². The van der Waals surface area contributed by atoms with E-state index in [1.54, 1.807) is 0 Å². The number of amides is 2. The molecule has 0 bridgehead atoms. The number of nitrogens with one attached hydrogen (secondary N) is 1. The number of hydrogen-bond acceptors (Lipinski definition) is 4. The van der Waals surface area contributed by atoms with E-state index in [0.29, 0.717) is 18.3 Å². The summed E-state index contributed by atoms with van der Waals surface area (Å²) in [6.07, 6.45) is 10.9. The molecule has 1 spiro atoms. The second-order valence-corrected chi connectivity index (χ2v) is 10.3. The number of carbonyl (C=O) groups excluding carboxylic acids is 2. The molecule has 3 heterocycles. The summed E-state index contributed by atoms with van der Waals surface area (Å²) in [5.74, 6) is 0.461. The van der Waals surface area contributed by atoms with Crippen LogP contribution in [0.3, 0.4) is 0 Å². The van der Waals surface area contributed by atoms with Crippen molar-refractivity contribution in [1.29, 1.82) is 0 Å². The molecule has 162 valence electrons. The highest BCUT2D eigenvalue weighted by molar-refractivity contribution is 6.01. The molecule has 5 rings (SSSR count). The molecule has 1 aliphatic carbocycles. The average Bonchev–Trinajstić information content (AvgIpc) is 2.74. The molecule has 3 saturated heterocycles. The summed E-state index contributed by atoms with van der Waals surface area (Å²) < 4.78 is 0. The summed E-state index contributed by atoms with van der Waals surface area (Å²) in [6.45, 7) is 6.14. The molecule has 3 aliphatic heterocycles. The standard InChI is InChI=1S/C25H35N3O2/c29-23-10-9-22(24(30)26-23)20-7-4-8-21(15-20)28-17-25(18-28)11-13-27(14-12-25)16-19-5-2-1-3-6-19/h4,7-8,15,19,22H,1-3,5-6,9-14,16-18H2,(H,26,29,30). The highest BCUT2D eigenvalue weighted by atomic mass is 16.2. The van der Waals surface area contributed by atoms with Crippen molar-refractivity contribution in [3.63, 3.8) is 0 Å². The molecule has 4 aliphatic rings. The van der Waals surface area contributed by atoms with Crippen LogP contribution in [0, 0.1) is 11.3 Å². The van der Waals surface area contributed by atoms with E-state index in [-0.39, 0.29) is 17.7 Å². The molecule has 1 atom stereocenters. The molecule has 4 fully saturated rings. The van der Waals surface area contributed by atoms with Crippen molar-refractivity contribution in [3.8, 4) is 0 Å². The molecule has 2 amide bonds. The van der Waals surface area contributed by atoms with Crippen LogP contribution in [0.2, 0.25) is 0 Å². The van der Waals surface area contributed by atoms with Gasteiger partial charge in [0.1, 0.15) is 0 Å². The summed E-state index contributed by atoms with van der Waals surface area (Å²) >= 11 is 0. The fourth-order valence-electron chi connectivity index (χ4n) is 6.16. The molecule has 30 heavy (non-hydrogen) atoms. The number of anilines is 1. The lowest BCUT2D eigenvalue weighted by atomic mass is 9.71. The molecular formula is C25H35N3O2. The summed E-state index contributed by atoms with van der Waals surface area (Å²) in [5.41, 5.74) is 2.77. The van der Waals surface area contributed by atoms with Gasteiger partial charge in [-0.2, -0.15) is 0 Å². The van der Waals surface area contributed by atoms with Crippen molar-refractivity contribution in [1.82, 2.24) is 10.2 Å². The Hall–Kier alpha value is -1.88. The predicted molar refractivity (Wildman–Crippen MR) is 118 cm³/mol. The first-order valence-electron chi connectivity index (χ1n) is 12.0. The Balaban J connectivity index is 1.14. The van der Waals surface area contributed by atoms with Crippen LogP contribution in [-0.2, 0) is 9.59 Å². The quantitative estimate of drug-likeness (QED) is 0.771. The summed E-state index contributed by atoms with van der Waals surface area (Å²) in [4.78, 5) is 28.9. The van der Waals surface area contributed by atoms with Crippen molar-refractivity contribution >= 4 is 17.5 Å². The normalized spacial score (nSPS) is 27.7. The SMILES string of the molecule is O=C1CCC(c2cccc(N3CC4(CCN(CC5CCCCC5)CC4)C3)c2)C(=O)N1. The van der Waals surface area contributed by atoms with E-state index in [1.807, 2.05) is 6.07 Å². The van der Waals surface area contributed by atoms with Crippen LogP contribution in [0.5, 0.6) is 0 Å². The molecule has 1 aromatic rings. The molecule has 1 aromatic carbocycles. The lowest BCUT2D eigenvalue weighted by Crippen LogP contribution is -2.60. The number of piperidine rings is 2. The summed E-state index contributed by atoms with van der Waals surface area (Å²) in [6, 6.07) is 8.43. The van der Waals surface area contributed by atoms with Gasteiger partial charge in [-0.3, -0.25) is 14.9 Å². The first kappa shape index (κ1) is 20.0. The highest BCUT2D eigenvalue weighted by Crippen LogP contribution is 2.43. The maximum atomic E-state index is 12.2. The Bertz CT molecular complexity index is 785. The lowest BCUT2D eigenvalue weighted by Gasteiger charge is -2.55. The molecular weight excluding hydrogens is 374 g/mol. The Labute approximate surface area is 180 Å². The van der Waals surface area contributed by atoms with Crippen LogP contribution in [0.4, 0.5) is 5.69 Å². The van der Waals surface area contributed by atoms with E-state index in [9.17, 15) is 9.59 Å². The summed E-state index contributed by atoms with van der Waals surface area (Å²) in [7, 11) is 0. The number of hydrogen-bond donors (Lipinski definition) is 1. The second-order valence-electron chi connectivity index (χ2n) is 10.3. The fourth-order valence-corrected chi connectivity index (χ4v) is 6.16. The minimum absolute atomic E-state index is 0.145. The van der Waals surface area contributed by atoms with Gasteiger partial charge in [0.15, 0.2) is 0 Å². The lowest BCUT2D eigenvalue weighted by molar-refractivity contribution is -0.134. The molecule has 0 radical (unpaired) electrons. The van der Waals surface area contributed by atoms with Crippen molar-refractivity contribution < 1.29 is 9.59 Å². The number of likely N-dealkylation sites (tertiary alicyclic amines) is 1. The maximum absolute atomic E-state index is 12.2. The van der Waals surface area contributed by atoms with Crippen LogP contribution in [0.1, 0.15) is 69.3 Å². The van der Waals surface area contributed by atoms with Crippen molar-refractivity contribution in [2.75, 3.05) is 37.6 Å². The zero-order chi connectivity index (χ0) is 20.6. The smallest absolute Gasteiger partial charge is 0.234 e. The molecule has 1 unspecified atom stereocenters. The fraction of sp³-hybridized carbons (Fsp3) is 0.680. The monoisotopic (exact) mass is 409 g/mol. The van der Waals surface area contributed by atoms with Gasteiger partial charge in [-0.05, 0) is 68.8 Å². The number of benzene rings is 1. The van der Waals surface area contributed by atoms with Crippen molar-refractivity contribution in [2.45, 2.75) is 63.7 Å². The van der Waals surface area contributed by atoms with Gasteiger partial charge < -0.3 is 9.80 Å². The van der Waals surface area contributed by atoms with Gasteiger partial charge in [-0.1, -0.05) is 31.4 Å². The van der Waals surface area contributed by atoms with Gasteiger partial charge >= 0.3 is 0 Å². The third-order valence-electron chi connectivity index (χ3n) is 8.09. The first-order valence-corrected chi connectivity index (χ1v) is 12.0. The minimum atomic E-state index is -0.194. The van der Waals surface area contributed by atoms with E-state index < -0.39 is 0 Å².